The molecule has 1 aliphatic heterocycles. The van der Waals surface area contributed by atoms with E-state index in [1.165, 1.54) is 11.3 Å². The van der Waals surface area contributed by atoms with E-state index in [2.05, 4.69) is 0 Å². The minimum Gasteiger partial charge on any atom is -0.339 e. The zero-order chi connectivity index (χ0) is 13.9. The average molecular weight is 285 g/mol. The second-order valence-corrected chi connectivity index (χ2v) is 5.80. The van der Waals surface area contributed by atoms with Crippen molar-refractivity contribution in [1.82, 2.24) is 4.90 Å². The van der Waals surface area contributed by atoms with Crippen LogP contribution in [0.1, 0.15) is 38.4 Å². The Bertz CT molecular complexity index is 628. The quantitative estimate of drug-likeness (QED) is 0.812. The first-order valence-electron chi connectivity index (χ1n) is 6.74. The largest absolute Gasteiger partial charge is 0.339 e. The van der Waals surface area contributed by atoms with Crippen LogP contribution in [-0.2, 0) is 0 Å². The summed E-state index contributed by atoms with van der Waals surface area (Å²) in [5.74, 6) is -0.0915. The van der Waals surface area contributed by atoms with Gasteiger partial charge in [-0.3, -0.25) is 9.59 Å². The second-order valence-electron chi connectivity index (χ2n) is 4.85. The van der Waals surface area contributed by atoms with Gasteiger partial charge in [0.15, 0.2) is 0 Å². The molecule has 2 heterocycles. The molecular formula is C16H15NO2S. The van der Waals surface area contributed by atoms with Crippen molar-refractivity contribution in [1.29, 1.82) is 0 Å². The highest BCUT2D eigenvalue weighted by atomic mass is 32.1. The number of likely N-dealkylation sites (tertiary alicyclic amines) is 1. The van der Waals surface area contributed by atoms with Crippen LogP contribution < -0.4 is 0 Å². The number of amides is 1. The number of thiophene rings is 1. The summed E-state index contributed by atoms with van der Waals surface area (Å²) in [5.41, 5.74) is 1.03. The molecule has 3 rings (SSSR count). The van der Waals surface area contributed by atoms with Gasteiger partial charge in [-0.15, -0.1) is 11.3 Å². The minimum absolute atomic E-state index is 0.0250. The summed E-state index contributed by atoms with van der Waals surface area (Å²) < 4.78 is 0. The van der Waals surface area contributed by atoms with Gasteiger partial charge in [0, 0.05) is 18.7 Å². The van der Waals surface area contributed by atoms with Crippen molar-refractivity contribution < 1.29 is 9.59 Å². The topological polar surface area (TPSA) is 37.4 Å². The first-order chi connectivity index (χ1) is 9.77. The zero-order valence-electron chi connectivity index (χ0n) is 11.0. The molecule has 0 atom stereocenters. The van der Waals surface area contributed by atoms with E-state index in [1.54, 1.807) is 18.2 Å². The van der Waals surface area contributed by atoms with Gasteiger partial charge >= 0.3 is 0 Å². The fourth-order valence-corrected chi connectivity index (χ4v) is 3.18. The van der Waals surface area contributed by atoms with Gasteiger partial charge in [0.1, 0.15) is 0 Å². The second kappa shape index (κ2) is 5.59. The Morgan fingerprint density at radius 3 is 2.30 bits per heavy atom. The molecule has 0 bridgehead atoms. The molecule has 0 saturated carbocycles. The Balaban J connectivity index is 1.96. The maximum absolute atomic E-state index is 12.5. The summed E-state index contributed by atoms with van der Waals surface area (Å²) in [4.78, 5) is 27.5. The number of carbonyl (C=O) groups is 2. The van der Waals surface area contributed by atoms with Crippen LogP contribution in [0.2, 0.25) is 0 Å². The van der Waals surface area contributed by atoms with Crippen LogP contribution in [0.5, 0.6) is 0 Å². The molecular weight excluding hydrogens is 270 g/mol. The van der Waals surface area contributed by atoms with Crippen LogP contribution in [0, 0.1) is 0 Å². The number of carbonyl (C=O) groups excluding carboxylic acids is 2. The van der Waals surface area contributed by atoms with E-state index in [0.29, 0.717) is 16.0 Å². The molecule has 0 N–H and O–H groups in total. The van der Waals surface area contributed by atoms with Crippen LogP contribution in [0.4, 0.5) is 0 Å². The first-order valence-corrected chi connectivity index (χ1v) is 7.62. The lowest BCUT2D eigenvalue weighted by atomic mass is 10.0. The highest BCUT2D eigenvalue weighted by Crippen LogP contribution is 2.21. The van der Waals surface area contributed by atoms with E-state index in [-0.39, 0.29) is 11.7 Å². The molecule has 0 aliphatic carbocycles. The van der Waals surface area contributed by atoms with Gasteiger partial charge in [-0.1, -0.05) is 24.3 Å². The van der Waals surface area contributed by atoms with E-state index in [1.807, 2.05) is 28.5 Å². The number of rotatable bonds is 3. The Hall–Kier alpha value is -1.94. The lowest BCUT2D eigenvalue weighted by Gasteiger charge is -2.17. The average Bonchev–Trinajstić information content (AvgIpc) is 3.18. The van der Waals surface area contributed by atoms with Crippen molar-refractivity contribution in [3.05, 3.63) is 57.8 Å². The van der Waals surface area contributed by atoms with Gasteiger partial charge < -0.3 is 4.90 Å². The van der Waals surface area contributed by atoms with Gasteiger partial charge in [-0.05, 0) is 30.4 Å². The molecule has 1 amide bonds. The lowest BCUT2D eigenvalue weighted by molar-refractivity contribution is 0.0788. The highest BCUT2D eigenvalue weighted by Gasteiger charge is 2.24. The van der Waals surface area contributed by atoms with Crippen molar-refractivity contribution in [2.24, 2.45) is 0 Å². The molecule has 1 aromatic carbocycles. The van der Waals surface area contributed by atoms with E-state index < -0.39 is 0 Å². The van der Waals surface area contributed by atoms with E-state index in [9.17, 15) is 9.59 Å². The van der Waals surface area contributed by atoms with Crippen molar-refractivity contribution in [2.45, 2.75) is 12.8 Å². The molecule has 1 aromatic heterocycles. The van der Waals surface area contributed by atoms with Crippen molar-refractivity contribution in [3.63, 3.8) is 0 Å². The van der Waals surface area contributed by atoms with Crippen molar-refractivity contribution in [3.8, 4) is 0 Å². The fraction of sp³-hybridized carbons (Fsp3) is 0.250. The van der Waals surface area contributed by atoms with Crippen LogP contribution in [0.3, 0.4) is 0 Å². The molecule has 0 unspecified atom stereocenters. The molecule has 2 aromatic rings. The van der Waals surface area contributed by atoms with Gasteiger partial charge in [-0.25, -0.2) is 0 Å². The van der Waals surface area contributed by atoms with Crippen LogP contribution in [0.15, 0.2) is 41.8 Å². The van der Waals surface area contributed by atoms with Gasteiger partial charge in [0.2, 0.25) is 5.78 Å². The van der Waals surface area contributed by atoms with E-state index >= 15 is 0 Å². The Morgan fingerprint density at radius 1 is 0.950 bits per heavy atom. The summed E-state index contributed by atoms with van der Waals surface area (Å²) in [6.45, 7) is 1.58. The summed E-state index contributed by atoms with van der Waals surface area (Å²) in [7, 11) is 0. The van der Waals surface area contributed by atoms with E-state index in [0.717, 1.165) is 25.9 Å². The third-order valence-corrected chi connectivity index (χ3v) is 4.41. The highest BCUT2D eigenvalue weighted by molar-refractivity contribution is 7.12. The Morgan fingerprint density at radius 2 is 1.65 bits per heavy atom. The number of nitrogens with zero attached hydrogens (tertiary/aromatic N) is 1. The number of ketones is 1. The summed E-state index contributed by atoms with van der Waals surface area (Å²) in [5, 5.41) is 1.87. The summed E-state index contributed by atoms with van der Waals surface area (Å²) in [6, 6.07) is 10.8. The van der Waals surface area contributed by atoms with Crippen LogP contribution in [0.25, 0.3) is 0 Å². The smallest absolute Gasteiger partial charge is 0.254 e. The van der Waals surface area contributed by atoms with Gasteiger partial charge in [0.25, 0.3) is 5.91 Å². The first kappa shape index (κ1) is 13.1. The molecule has 0 spiro atoms. The predicted molar refractivity (Wildman–Crippen MR) is 79.3 cm³/mol. The third kappa shape index (κ3) is 2.39. The number of benzene rings is 1. The van der Waals surface area contributed by atoms with Crippen molar-refractivity contribution in [2.75, 3.05) is 13.1 Å². The van der Waals surface area contributed by atoms with Crippen molar-refractivity contribution >= 4 is 23.0 Å². The molecule has 1 fully saturated rings. The predicted octanol–water partition coefficient (Wildman–Crippen LogP) is 3.22. The molecule has 0 radical (unpaired) electrons. The molecule has 4 heteroatoms. The molecule has 20 heavy (non-hydrogen) atoms. The van der Waals surface area contributed by atoms with Gasteiger partial charge in [0.05, 0.1) is 10.4 Å². The Labute approximate surface area is 121 Å². The molecule has 102 valence electrons. The fourth-order valence-electron chi connectivity index (χ4n) is 2.50. The molecule has 1 aliphatic rings. The lowest BCUT2D eigenvalue weighted by Crippen LogP contribution is -2.29. The van der Waals surface area contributed by atoms with Crippen LogP contribution >= 0.6 is 11.3 Å². The summed E-state index contributed by atoms with van der Waals surface area (Å²) in [6.07, 6.45) is 2.10. The maximum Gasteiger partial charge on any atom is 0.254 e. The molecule has 1 saturated heterocycles. The number of hydrogen-bond acceptors (Lipinski definition) is 3. The Kier molecular flexibility index (Phi) is 3.65. The summed E-state index contributed by atoms with van der Waals surface area (Å²) >= 11 is 1.40. The van der Waals surface area contributed by atoms with Crippen LogP contribution in [-0.4, -0.2) is 29.7 Å². The standard InChI is InChI=1S/C16H15NO2S/c18-15(14-8-5-11-20-14)12-6-1-2-7-13(12)16(19)17-9-3-4-10-17/h1-2,5-8,11H,3-4,9-10H2. The molecule has 3 nitrogen and oxygen atoms in total. The number of hydrogen-bond donors (Lipinski definition) is 0. The minimum atomic E-state index is -0.0665. The van der Waals surface area contributed by atoms with Gasteiger partial charge in [-0.2, -0.15) is 0 Å². The zero-order valence-corrected chi connectivity index (χ0v) is 11.9. The normalized spacial score (nSPS) is 14.5. The monoisotopic (exact) mass is 285 g/mol. The van der Waals surface area contributed by atoms with E-state index in [4.69, 9.17) is 0 Å². The maximum atomic E-state index is 12.5. The SMILES string of the molecule is O=C(c1cccs1)c1ccccc1C(=O)N1CCCC1. The third-order valence-electron chi connectivity index (χ3n) is 3.54.